The van der Waals surface area contributed by atoms with E-state index >= 15 is 0 Å². The van der Waals surface area contributed by atoms with E-state index in [1.807, 2.05) is 24.3 Å². The molecule has 146 valence electrons. The molecular formula is C23H22N4O2. The second-order valence-corrected chi connectivity index (χ2v) is 8.41. The van der Waals surface area contributed by atoms with E-state index in [1.165, 1.54) is 0 Å². The molecule has 0 radical (unpaired) electrons. The quantitative estimate of drug-likeness (QED) is 0.646. The van der Waals surface area contributed by atoms with Gasteiger partial charge in [0.15, 0.2) is 5.58 Å². The molecule has 1 N–H and O–H groups in total. The second-order valence-electron chi connectivity index (χ2n) is 8.41. The Morgan fingerprint density at radius 2 is 1.83 bits per heavy atom. The second kappa shape index (κ2) is 6.24. The minimum atomic E-state index is -0.322. The van der Waals surface area contributed by atoms with Crippen molar-refractivity contribution in [2.75, 3.05) is 5.32 Å². The van der Waals surface area contributed by atoms with Crippen LogP contribution >= 0.6 is 0 Å². The lowest BCUT2D eigenvalue weighted by Crippen LogP contribution is -2.49. The SMILES string of the molecule is O=C1CCCC2=NC(Nc3nc4cc5ccccc5cc4o3)=NC3(CCCC3)C12. The molecule has 2 aromatic carbocycles. The number of anilines is 1. The molecule has 2 saturated carbocycles. The Labute approximate surface area is 168 Å². The van der Waals surface area contributed by atoms with E-state index in [-0.39, 0.29) is 11.5 Å². The minimum absolute atomic E-state index is 0.127. The summed E-state index contributed by atoms with van der Waals surface area (Å²) in [4.78, 5) is 27.0. The number of nitrogens with zero attached hydrogens (tertiary/aromatic N) is 3. The van der Waals surface area contributed by atoms with Gasteiger partial charge in [-0.2, -0.15) is 4.98 Å². The number of Topliss-reactive ketones (excluding diaryl/α,β-unsaturated/α-hetero) is 1. The summed E-state index contributed by atoms with van der Waals surface area (Å²) in [7, 11) is 0. The van der Waals surface area contributed by atoms with Gasteiger partial charge in [-0.05, 0) is 48.6 Å². The van der Waals surface area contributed by atoms with E-state index in [1.54, 1.807) is 0 Å². The van der Waals surface area contributed by atoms with Crippen molar-refractivity contribution in [1.82, 2.24) is 4.98 Å². The van der Waals surface area contributed by atoms with Crippen molar-refractivity contribution >= 4 is 45.3 Å². The molecule has 0 bridgehead atoms. The van der Waals surface area contributed by atoms with Crippen LogP contribution in [0.5, 0.6) is 0 Å². The van der Waals surface area contributed by atoms with Gasteiger partial charge in [-0.25, -0.2) is 9.98 Å². The summed E-state index contributed by atoms with van der Waals surface area (Å²) >= 11 is 0. The average molecular weight is 386 g/mol. The van der Waals surface area contributed by atoms with Crippen molar-refractivity contribution in [2.45, 2.75) is 50.5 Å². The molecule has 1 aromatic heterocycles. The van der Waals surface area contributed by atoms with Crippen LogP contribution in [-0.2, 0) is 4.79 Å². The third kappa shape index (κ3) is 2.69. The molecule has 1 atom stereocenters. The maximum atomic E-state index is 12.7. The lowest BCUT2D eigenvalue weighted by atomic mass is 9.71. The molecule has 0 amide bonds. The van der Waals surface area contributed by atoms with E-state index < -0.39 is 0 Å². The Morgan fingerprint density at radius 3 is 2.66 bits per heavy atom. The van der Waals surface area contributed by atoms with E-state index in [0.717, 1.165) is 66.1 Å². The van der Waals surface area contributed by atoms with Gasteiger partial charge in [0.2, 0.25) is 5.96 Å². The van der Waals surface area contributed by atoms with Crippen molar-refractivity contribution in [3.8, 4) is 0 Å². The maximum Gasteiger partial charge on any atom is 0.302 e. The van der Waals surface area contributed by atoms with E-state index in [0.29, 0.717) is 24.2 Å². The number of carbonyl (C=O) groups excluding carboxylic acids is 1. The number of aliphatic imine (C=N–C) groups is 2. The molecule has 6 rings (SSSR count). The summed E-state index contributed by atoms with van der Waals surface area (Å²) in [5, 5.41) is 5.44. The Morgan fingerprint density at radius 1 is 1.03 bits per heavy atom. The molecule has 3 aromatic rings. The van der Waals surface area contributed by atoms with E-state index in [9.17, 15) is 4.79 Å². The standard InChI is InChI=1S/C23H22N4O2/c28-18-9-5-8-16-20(18)23(10-3-4-11-23)27-21(24-16)26-22-25-17-12-14-6-1-2-7-15(14)13-19(17)29-22/h1-2,6-7,12-13,20H,3-5,8-11H2,(H,25,26,27). The van der Waals surface area contributed by atoms with Gasteiger partial charge in [0, 0.05) is 12.1 Å². The Kier molecular flexibility index (Phi) is 3.63. The number of benzene rings is 2. The fourth-order valence-corrected chi connectivity index (χ4v) is 5.29. The number of hydrogen-bond donors (Lipinski definition) is 1. The van der Waals surface area contributed by atoms with Crippen LogP contribution < -0.4 is 5.32 Å². The highest BCUT2D eigenvalue weighted by atomic mass is 16.4. The monoisotopic (exact) mass is 386 g/mol. The predicted molar refractivity (Wildman–Crippen MR) is 114 cm³/mol. The molecule has 1 unspecified atom stereocenters. The normalized spacial score (nSPS) is 23.3. The van der Waals surface area contributed by atoms with E-state index in [2.05, 4.69) is 22.4 Å². The van der Waals surface area contributed by atoms with Crippen molar-refractivity contribution < 1.29 is 9.21 Å². The van der Waals surface area contributed by atoms with Gasteiger partial charge in [0.1, 0.15) is 11.3 Å². The van der Waals surface area contributed by atoms with Crippen LogP contribution in [0.2, 0.25) is 0 Å². The van der Waals surface area contributed by atoms with E-state index in [4.69, 9.17) is 14.4 Å². The van der Waals surface area contributed by atoms with Crippen molar-refractivity contribution in [3.05, 3.63) is 36.4 Å². The smallest absolute Gasteiger partial charge is 0.302 e. The Bertz CT molecular complexity index is 1150. The van der Waals surface area contributed by atoms with Crippen molar-refractivity contribution in [3.63, 3.8) is 0 Å². The molecular weight excluding hydrogens is 364 g/mol. The zero-order chi connectivity index (χ0) is 19.4. The van der Waals surface area contributed by atoms with Gasteiger partial charge in [0.05, 0.1) is 11.5 Å². The lowest BCUT2D eigenvalue weighted by Gasteiger charge is -2.39. The molecule has 1 spiro atoms. The molecule has 1 aliphatic heterocycles. The lowest BCUT2D eigenvalue weighted by molar-refractivity contribution is -0.123. The largest absolute Gasteiger partial charge is 0.423 e. The number of ketones is 1. The molecule has 0 saturated heterocycles. The number of aromatic nitrogens is 1. The predicted octanol–water partition coefficient (Wildman–Crippen LogP) is 4.89. The molecule has 2 aliphatic carbocycles. The Balaban J connectivity index is 1.38. The number of nitrogens with one attached hydrogen (secondary N) is 1. The molecule has 6 nitrogen and oxygen atoms in total. The third-order valence-corrected chi connectivity index (χ3v) is 6.57. The number of oxazole rings is 1. The first-order chi connectivity index (χ1) is 14.2. The summed E-state index contributed by atoms with van der Waals surface area (Å²) in [6, 6.07) is 12.6. The fraction of sp³-hybridized carbons (Fsp3) is 0.391. The first-order valence-corrected chi connectivity index (χ1v) is 10.5. The highest BCUT2D eigenvalue weighted by molar-refractivity contribution is 6.15. The van der Waals surface area contributed by atoms with Crippen LogP contribution in [0.4, 0.5) is 6.01 Å². The maximum absolute atomic E-state index is 12.7. The van der Waals surface area contributed by atoms with Gasteiger partial charge >= 0.3 is 6.01 Å². The summed E-state index contributed by atoms with van der Waals surface area (Å²) < 4.78 is 5.95. The first-order valence-electron chi connectivity index (χ1n) is 10.5. The summed E-state index contributed by atoms with van der Waals surface area (Å²) in [5.74, 6) is 0.718. The summed E-state index contributed by atoms with van der Waals surface area (Å²) in [5.41, 5.74) is 2.20. The fourth-order valence-electron chi connectivity index (χ4n) is 5.29. The summed E-state index contributed by atoms with van der Waals surface area (Å²) in [6.07, 6.45) is 6.54. The first kappa shape index (κ1) is 16.9. The molecule has 29 heavy (non-hydrogen) atoms. The molecule has 6 heteroatoms. The number of rotatable bonds is 1. The Hall–Kier alpha value is -3.02. The summed E-state index contributed by atoms with van der Waals surface area (Å²) in [6.45, 7) is 0. The molecule has 2 heterocycles. The van der Waals surface area contributed by atoms with Gasteiger partial charge in [0.25, 0.3) is 0 Å². The van der Waals surface area contributed by atoms with Crippen LogP contribution in [0.1, 0.15) is 44.9 Å². The van der Waals surface area contributed by atoms with Crippen LogP contribution in [-0.4, -0.2) is 28.0 Å². The zero-order valence-corrected chi connectivity index (χ0v) is 16.1. The number of fused-ring (bicyclic) bond motifs is 4. The third-order valence-electron chi connectivity index (χ3n) is 6.57. The van der Waals surface area contributed by atoms with Crippen LogP contribution in [0.15, 0.2) is 50.8 Å². The number of carbonyl (C=O) groups is 1. The van der Waals surface area contributed by atoms with Crippen LogP contribution in [0, 0.1) is 5.92 Å². The highest BCUT2D eigenvalue weighted by Crippen LogP contribution is 2.45. The van der Waals surface area contributed by atoms with Gasteiger partial charge < -0.3 is 4.42 Å². The highest BCUT2D eigenvalue weighted by Gasteiger charge is 2.50. The number of guanidine groups is 1. The van der Waals surface area contributed by atoms with Gasteiger partial charge in [-0.1, -0.05) is 37.1 Å². The molecule has 3 aliphatic rings. The van der Waals surface area contributed by atoms with Gasteiger partial charge in [-0.3, -0.25) is 10.1 Å². The van der Waals surface area contributed by atoms with Gasteiger partial charge in [-0.15, -0.1) is 0 Å². The van der Waals surface area contributed by atoms with Crippen molar-refractivity contribution in [1.29, 1.82) is 0 Å². The number of hydrogen-bond acceptors (Lipinski definition) is 6. The van der Waals surface area contributed by atoms with Crippen LogP contribution in [0.3, 0.4) is 0 Å². The average Bonchev–Trinajstić information content (AvgIpc) is 3.32. The molecule has 2 fully saturated rings. The topological polar surface area (TPSA) is 79.9 Å². The van der Waals surface area contributed by atoms with Crippen LogP contribution in [0.25, 0.3) is 21.9 Å². The minimum Gasteiger partial charge on any atom is -0.423 e. The van der Waals surface area contributed by atoms with Crippen molar-refractivity contribution in [2.24, 2.45) is 15.9 Å². The zero-order valence-electron chi connectivity index (χ0n) is 16.1.